The van der Waals surface area contributed by atoms with Crippen LogP contribution >= 0.6 is 11.6 Å². The van der Waals surface area contributed by atoms with Crippen LogP contribution in [0, 0.1) is 6.92 Å². The molecule has 0 bridgehead atoms. The fourth-order valence-corrected chi connectivity index (χ4v) is 2.04. The molecule has 1 aromatic heterocycles. The van der Waals surface area contributed by atoms with Gasteiger partial charge in [-0.05, 0) is 38.1 Å². The van der Waals surface area contributed by atoms with Gasteiger partial charge in [0.1, 0.15) is 5.82 Å². The average molecular weight is 261 g/mol. The highest BCUT2D eigenvalue weighted by Gasteiger charge is 2.08. The Morgan fingerprint density at radius 3 is 2.44 bits per heavy atom. The Labute approximate surface area is 113 Å². The van der Waals surface area contributed by atoms with Crippen molar-refractivity contribution < 1.29 is 0 Å². The first-order chi connectivity index (χ1) is 8.74. The number of rotatable bonds is 4. The number of hydrogen-bond donors (Lipinski definition) is 0. The normalized spacial score (nSPS) is 10.4. The summed E-state index contributed by atoms with van der Waals surface area (Å²) in [5.74, 6) is 1.39. The van der Waals surface area contributed by atoms with Gasteiger partial charge in [-0.2, -0.15) is 0 Å². The van der Waals surface area contributed by atoms with Gasteiger partial charge in [0, 0.05) is 12.2 Å². The number of aryl methyl sites for hydroxylation is 1. The van der Waals surface area contributed by atoms with Gasteiger partial charge in [0.25, 0.3) is 0 Å². The Morgan fingerprint density at radius 2 is 1.83 bits per heavy atom. The lowest BCUT2D eigenvalue weighted by Crippen LogP contribution is -2.17. The summed E-state index contributed by atoms with van der Waals surface area (Å²) in [7, 11) is 0. The summed E-state index contributed by atoms with van der Waals surface area (Å²) in [6, 6.07) is 14.4. The largest absolute Gasteiger partial charge is 0.327 e. The van der Waals surface area contributed by atoms with E-state index in [0.29, 0.717) is 5.88 Å². The molecular weight excluding hydrogens is 244 g/mol. The molecule has 0 saturated heterocycles. The minimum atomic E-state index is 0.444. The standard InChI is InChI=1S/C15H17ClN2/c1-3-18(14-9-7-12(2)8-10-14)15-6-4-5-13(11-16)17-15/h4-10H,3,11H2,1-2H3. The van der Waals surface area contributed by atoms with Crippen molar-refractivity contribution in [3.63, 3.8) is 0 Å². The smallest absolute Gasteiger partial charge is 0.133 e. The van der Waals surface area contributed by atoms with Crippen LogP contribution in [0.5, 0.6) is 0 Å². The van der Waals surface area contributed by atoms with Gasteiger partial charge in [0.05, 0.1) is 11.6 Å². The molecule has 0 N–H and O–H groups in total. The van der Waals surface area contributed by atoms with E-state index >= 15 is 0 Å². The van der Waals surface area contributed by atoms with Crippen LogP contribution in [0.3, 0.4) is 0 Å². The number of nitrogens with zero attached hydrogens (tertiary/aromatic N) is 2. The molecule has 0 atom stereocenters. The molecular formula is C15H17ClN2. The van der Waals surface area contributed by atoms with Crippen molar-refractivity contribution in [3.05, 3.63) is 53.7 Å². The molecule has 0 aliphatic carbocycles. The summed E-state index contributed by atoms with van der Waals surface area (Å²) in [6.45, 7) is 5.09. The van der Waals surface area contributed by atoms with Crippen LogP contribution in [0.2, 0.25) is 0 Å². The maximum atomic E-state index is 5.83. The number of halogens is 1. The molecule has 0 spiro atoms. The van der Waals surface area contributed by atoms with Crippen molar-refractivity contribution in [2.45, 2.75) is 19.7 Å². The van der Waals surface area contributed by atoms with Crippen LogP contribution in [-0.4, -0.2) is 11.5 Å². The van der Waals surface area contributed by atoms with Gasteiger partial charge in [-0.3, -0.25) is 0 Å². The lowest BCUT2D eigenvalue weighted by Gasteiger charge is -2.22. The lowest BCUT2D eigenvalue weighted by atomic mass is 10.2. The Morgan fingerprint density at radius 1 is 1.11 bits per heavy atom. The summed E-state index contributed by atoms with van der Waals surface area (Å²) in [5.41, 5.74) is 3.32. The first kappa shape index (κ1) is 12.9. The summed E-state index contributed by atoms with van der Waals surface area (Å²) >= 11 is 5.83. The molecule has 0 aliphatic heterocycles. The molecule has 2 rings (SSSR count). The van der Waals surface area contributed by atoms with Crippen LogP contribution in [0.15, 0.2) is 42.5 Å². The van der Waals surface area contributed by atoms with Gasteiger partial charge in [0.15, 0.2) is 0 Å². The van der Waals surface area contributed by atoms with Gasteiger partial charge < -0.3 is 4.90 Å². The third kappa shape index (κ3) is 2.82. The number of benzene rings is 1. The number of pyridine rings is 1. The molecule has 18 heavy (non-hydrogen) atoms. The number of aromatic nitrogens is 1. The first-order valence-electron chi connectivity index (χ1n) is 6.10. The summed E-state index contributed by atoms with van der Waals surface area (Å²) in [4.78, 5) is 6.73. The molecule has 0 fully saturated rings. The Hall–Kier alpha value is -1.54. The first-order valence-corrected chi connectivity index (χ1v) is 6.64. The molecule has 0 unspecified atom stereocenters. The number of hydrogen-bond acceptors (Lipinski definition) is 2. The lowest BCUT2D eigenvalue weighted by molar-refractivity contribution is 0.975. The highest BCUT2D eigenvalue weighted by atomic mass is 35.5. The van der Waals surface area contributed by atoms with Crippen LogP contribution in [-0.2, 0) is 5.88 Å². The van der Waals surface area contributed by atoms with Crippen molar-refractivity contribution in [1.29, 1.82) is 0 Å². The van der Waals surface area contributed by atoms with Gasteiger partial charge in [0.2, 0.25) is 0 Å². The number of anilines is 2. The van der Waals surface area contributed by atoms with E-state index in [4.69, 9.17) is 11.6 Å². The van der Waals surface area contributed by atoms with E-state index in [2.05, 4.69) is 48.0 Å². The second-order valence-electron chi connectivity index (χ2n) is 4.20. The number of alkyl halides is 1. The molecule has 0 aliphatic rings. The van der Waals surface area contributed by atoms with E-state index in [9.17, 15) is 0 Å². The van der Waals surface area contributed by atoms with Crippen molar-refractivity contribution >= 4 is 23.1 Å². The fourth-order valence-electron chi connectivity index (χ4n) is 1.89. The molecule has 3 heteroatoms. The SMILES string of the molecule is CCN(c1ccc(C)cc1)c1cccc(CCl)n1. The zero-order valence-electron chi connectivity index (χ0n) is 10.7. The van der Waals surface area contributed by atoms with Crippen molar-refractivity contribution in [3.8, 4) is 0 Å². The maximum absolute atomic E-state index is 5.83. The summed E-state index contributed by atoms with van der Waals surface area (Å²) in [6.07, 6.45) is 0. The van der Waals surface area contributed by atoms with E-state index in [-0.39, 0.29) is 0 Å². The van der Waals surface area contributed by atoms with Crippen LogP contribution in [0.1, 0.15) is 18.2 Å². The van der Waals surface area contributed by atoms with E-state index < -0.39 is 0 Å². The summed E-state index contributed by atoms with van der Waals surface area (Å²) in [5, 5.41) is 0. The second kappa shape index (κ2) is 5.87. The quantitative estimate of drug-likeness (QED) is 0.763. The third-order valence-corrected chi connectivity index (χ3v) is 3.14. The molecule has 94 valence electrons. The molecule has 0 amide bonds. The topological polar surface area (TPSA) is 16.1 Å². The van der Waals surface area contributed by atoms with Gasteiger partial charge in [-0.15, -0.1) is 11.6 Å². The Bertz CT molecular complexity index is 508. The fraction of sp³-hybridized carbons (Fsp3) is 0.267. The third-order valence-electron chi connectivity index (χ3n) is 2.87. The maximum Gasteiger partial charge on any atom is 0.133 e. The van der Waals surface area contributed by atoms with Crippen LogP contribution in [0.4, 0.5) is 11.5 Å². The Kier molecular flexibility index (Phi) is 4.21. The van der Waals surface area contributed by atoms with E-state index in [1.54, 1.807) is 0 Å². The molecule has 2 nitrogen and oxygen atoms in total. The van der Waals surface area contributed by atoms with Crippen molar-refractivity contribution in [2.75, 3.05) is 11.4 Å². The molecule has 2 aromatic rings. The van der Waals surface area contributed by atoms with E-state index in [1.165, 1.54) is 5.56 Å². The van der Waals surface area contributed by atoms with Crippen LogP contribution < -0.4 is 4.90 Å². The highest BCUT2D eigenvalue weighted by molar-refractivity contribution is 6.16. The minimum absolute atomic E-state index is 0.444. The highest BCUT2D eigenvalue weighted by Crippen LogP contribution is 2.23. The summed E-state index contributed by atoms with van der Waals surface area (Å²) < 4.78 is 0. The molecule has 0 radical (unpaired) electrons. The zero-order chi connectivity index (χ0) is 13.0. The van der Waals surface area contributed by atoms with Crippen LogP contribution in [0.25, 0.3) is 0 Å². The molecule has 1 aromatic carbocycles. The zero-order valence-corrected chi connectivity index (χ0v) is 11.5. The van der Waals surface area contributed by atoms with Crippen molar-refractivity contribution in [2.24, 2.45) is 0 Å². The predicted octanol–water partition coefficient (Wildman–Crippen LogP) is 4.29. The average Bonchev–Trinajstić information content (AvgIpc) is 2.42. The van der Waals surface area contributed by atoms with Gasteiger partial charge >= 0.3 is 0 Å². The van der Waals surface area contributed by atoms with E-state index in [0.717, 1.165) is 23.7 Å². The minimum Gasteiger partial charge on any atom is -0.327 e. The molecule has 0 saturated carbocycles. The van der Waals surface area contributed by atoms with Gasteiger partial charge in [-0.1, -0.05) is 23.8 Å². The molecule has 1 heterocycles. The van der Waals surface area contributed by atoms with Crippen molar-refractivity contribution in [1.82, 2.24) is 4.98 Å². The Balaban J connectivity index is 2.35. The second-order valence-corrected chi connectivity index (χ2v) is 4.47. The van der Waals surface area contributed by atoms with Gasteiger partial charge in [-0.25, -0.2) is 4.98 Å². The monoisotopic (exact) mass is 260 g/mol. The predicted molar refractivity (Wildman–Crippen MR) is 77.7 cm³/mol. The van der Waals surface area contributed by atoms with E-state index in [1.807, 2.05) is 18.2 Å².